The van der Waals surface area contributed by atoms with E-state index in [2.05, 4.69) is 21.8 Å². The van der Waals surface area contributed by atoms with Crippen LogP contribution in [0.25, 0.3) is 22.3 Å². The molecule has 1 aromatic carbocycles. The van der Waals surface area contributed by atoms with Crippen molar-refractivity contribution in [3.05, 3.63) is 47.9 Å². The van der Waals surface area contributed by atoms with Crippen molar-refractivity contribution in [1.29, 1.82) is 0 Å². The zero-order chi connectivity index (χ0) is 20.8. The molecule has 0 spiro atoms. The van der Waals surface area contributed by atoms with Gasteiger partial charge in [0.25, 0.3) is 11.8 Å². The maximum absolute atomic E-state index is 12.1. The number of nitrogens with two attached hydrogens (primary N) is 1. The Balaban J connectivity index is 1.79. The Morgan fingerprint density at radius 2 is 2.07 bits per heavy atom. The Bertz CT molecular complexity index is 1220. The smallest absolute Gasteiger partial charge is 0.286 e. The molecular formula is C21H19N5O3. The lowest BCUT2D eigenvalue weighted by molar-refractivity contribution is -0.137. The van der Waals surface area contributed by atoms with Gasteiger partial charge in [0, 0.05) is 49.8 Å². The second-order valence-electron chi connectivity index (χ2n) is 7.09. The Morgan fingerprint density at radius 3 is 2.76 bits per heavy atom. The number of carbonyl (C=O) groups is 2. The number of hydrogen-bond acceptors (Lipinski definition) is 5. The first-order chi connectivity index (χ1) is 13.8. The number of likely N-dealkylation sites (N-methyl/N-ethyl adjacent to an activating group) is 1. The first-order valence-electron chi connectivity index (χ1n) is 9.03. The van der Waals surface area contributed by atoms with Crippen LogP contribution in [0, 0.1) is 11.8 Å². The molecule has 3 heterocycles. The van der Waals surface area contributed by atoms with Gasteiger partial charge in [-0.15, -0.1) is 0 Å². The molecule has 2 aromatic heterocycles. The van der Waals surface area contributed by atoms with Gasteiger partial charge in [-0.2, -0.15) is 0 Å². The number of nitrogens with zero attached hydrogens (tertiary/aromatic N) is 4. The molecule has 1 fully saturated rings. The number of primary amides is 1. The molecule has 3 aromatic rings. The number of aryl methyl sites for hydroxylation is 1. The molecule has 0 saturated carbocycles. The van der Waals surface area contributed by atoms with Crippen LogP contribution in [0.3, 0.4) is 0 Å². The fourth-order valence-electron chi connectivity index (χ4n) is 3.36. The van der Waals surface area contributed by atoms with E-state index >= 15 is 0 Å². The molecule has 1 saturated heterocycles. The molecule has 0 radical (unpaired) electrons. The maximum atomic E-state index is 12.1. The predicted octanol–water partition coefficient (Wildman–Crippen LogP) is 0.679. The minimum absolute atomic E-state index is 0.0697. The van der Waals surface area contributed by atoms with Gasteiger partial charge in [0.2, 0.25) is 11.4 Å². The van der Waals surface area contributed by atoms with E-state index in [0.717, 1.165) is 10.9 Å². The average Bonchev–Trinajstić information content (AvgIpc) is 3.21. The van der Waals surface area contributed by atoms with Gasteiger partial charge in [-0.1, -0.05) is 24.0 Å². The van der Waals surface area contributed by atoms with Gasteiger partial charge in [-0.25, -0.2) is 9.97 Å². The molecule has 2 amide bonds. The van der Waals surface area contributed by atoms with Crippen molar-refractivity contribution < 1.29 is 14.7 Å². The zero-order valence-corrected chi connectivity index (χ0v) is 16.0. The van der Waals surface area contributed by atoms with Crippen LogP contribution in [0.2, 0.25) is 0 Å². The second-order valence-corrected chi connectivity index (χ2v) is 7.09. The number of aliphatic hydroxyl groups is 1. The number of carbonyl (C=O) groups excluding carboxylic acids is 2. The first kappa shape index (κ1) is 18.7. The van der Waals surface area contributed by atoms with E-state index in [0.29, 0.717) is 23.4 Å². The molecule has 0 bridgehead atoms. The summed E-state index contributed by atoms with van der Waals surface area (Å²) in [7, 11) is 3.46. The summed E-state index contributed by atoms with van der Waals surface area (Å²) in [6, 6.07) is 9.07. The first-order valence-corrected chi connectivity index (χ1v) is 9.03. The third-order valence-corrected chi connectivity index (χ3v) is 5.00. The molecule has 1 unspecified atom stereocenters. The van der Waals surface area contributed by atoms with Gasteiger partial charge in [0.1, 0.15) is 5.65 Å². The van der Waals surface area contributed by atoms with Gasteiger partial charge in [0.05, 0.1) is 5.69 Å². The van der Waals surface area contributed by atoms with Crippen molar-refractivity contribution in [2.45, 2.75) is 12.0 Å². The summed E-state index contributed by atoms with van der Waals surface area (Å²) in [5.41, 5.74) is 6.22. The summed E-state index contributed by atoms with van der Waals surface area (Å²) >= 11 is 0. The van der Waals surface area contributed by atoms with Crippen LogP contribution in [0.15, 0.2) is 36.5 Å². The molecule has 8 nitrogen and oxygen atoms in total. The summed E-state index contributed by atoms with van der Waals surface area (Å²) in [6.45, 7) is 0.465. The minimum Gasteiger partial charge on any atom is -0.369 e. The molecule has 8 heteroatoms. The van der Waals surface area contributed by atoms with Gasteiger partial charge in [0.15, 0.2) is 0 Å². The van der Waals surface area contributed by atoms with Crippen LogP contribution in [-0.4, -0.2) is 55.5 Å². The third-order valence-electron chi connectivity index (χ3n) is 5.00. The number of likely N-dealkylation sites (tertiary alicyclic amines) is 1. The number of aromatic nitrogens is 3. The maximum Gasteiger partial charge on any atom is 0.286 e. The summed E-state index contributed by atoms with van der Waals surface area (Å²) in [5.74, 6) is 4.42. The van der Waals surface area contributed by atoms with Gasteiger partial charge in [-0.3, -0.25) is 9.59 Å². The lowest BCUT2D eigenvalue weighted by Crippen LogP contribution is -2.37. The number of benzene rings is 1. The summed E-state index contributed by atoms with van der Waals surface area (Å²) in [4.78, 5) is 33.8. The predicted molar refractivity (Wildman–Crippen MR) is 107 cm³/mol. The highest BCUT2D eigenvalue weighted by Gasteiger charge is 2.42. The topological polar surface area (TPSA) is 114 Å². The number of rotatable bonds is 2. The van der Waals surface area contributed by atoms with Crippen LogP contribution in [0.4, 0.5) is 0 Å². The molecule has 146 valence electrons. The summed E-state index contributed by atoms with van der Waals surface area (Å²) in [5, 5.41) is 11.3. The Kier molecular flexibility index (Phi) is 4.32. The SMILES string of the molecule is CN1CCC(O)(C#Cc2cccc(-c3nc(C(N)=O)nc4c3ccn4C)c2)C1=O. The summed E-state index contributed by atoms with van der Waals surface area (Å²) in [6.07, 6.45) is 2.10. The van der Waals surface area contributed by atoms with E-state index in [9.17, 15) is 14.7 Å². The normalized spacial score (nSPS) is 18.7. The van der Waals surface area contributed by atoms with Crippen molar-refractivity contribution >= 4 is 22.8 Å². The fourth-order valence-corrected chi connectivity index (χ4v) is 3.36. The zero-order valence-electron chi connectivity index (χ0n) is 16.0. The van der Waals surface area contributed by atoms with E-state index in [-0.39, 0.29) is 12.2 Å². The van der Waals surface area contributed by atoms with Crippen LogP contribution in [0.1, 0.15) is 22.6 Å². The largest absolute Gasteiger partial charge is 0.369 e. The van der Waals surface area contributed by atoms with Crippen molar-refractivity contribution in [2.75, 3.05) is 13.6 Å². The third kappa shape index (κ3) is 3.22. The van der Waals surface area contributed by atoms with Crippen molar-refractivity contribution in [3.63, 3.8) is 0 Å². The van der Waals surface area contributed by atoms with Gasteiger partial charge < -0.3 is 20.3 Å². The number of fused-ring (bicyclic) bond motifs is 1. The Labute approximate surface area is 167 Å². The lowest BCUT2D eigenvalue weighted by Gasteiger charge is -2.13. The molecule has 1 atom stereocenters. The average molecular weight is 389 g/mol. The molecule has 1 aliphatic rings. The monoisotopic (exact) mass is 389 g/mol. The van der Waals surface area contributed by atoms with Crippen LogP contribution < -0.4 is 5.73 Å². The van der Waals surface area contributed by atoms with Gasteiger partial charge in [-0.05, 0) is 18.2 Å². The minimum atomic E-state index is -1.66. The molecular weight excluding hydrogens is 370 g/mol. The highest BCUT2D eigenvalue weighted by Crippen LogP contribution is 2.27. The lowest BCUT2D eigenvalue weighted by atomic mass is 10.0. The van der Waals surface area contributed by atoms with E-state index in [1.54, 1.807) is 29.8 Å². The fraction of sp³-hybridized carbons (Fsp3) is 0.238. The standard InChI is InChI=1S/C21H19N5O3/c1-25-10-7-15-16(23-18(17(22)27)24-19(15)25)14-5-3-4-13(12-14)6-8-21(29)9-11-26(2)20(21)28/h3-5,7,10,12,29H,9,11H2,1-2H3,(H2,22,27). The quantitative estimate of drug-likeness (QED) is 0.626. The van der Waals surface area contributed by atoms with E-state index in [1.807, 2.05) is 25.4 Å². The molecule has 0 aliphatic carbocycles. The molecule has 4 rings (SSSR count). The summed E-state index contributed by atoms with van der Waals surface area (Å²) < 4.78 is 1.79. The van der Waals surface area contributed by atoms with Crippen molar-refractivity contribution in [3.8, 4) is 23.1 Å². The second kappa shape index (κ2) is 6.72. The van der Waals surface area contributed by atoms with Crippen molar-refractivity contribution in [2.24, 2.45) is 12.8 Å². The molecule has 3 N–H and O–H groups in total. The highest BCUT2D eigenvalue weighted by atomic mass is 16.3. The number of amides is 2. The van der Waals surface area contributed by atoms with E-state index in [1.165, 1.54) is 4.90 Å². The van der Waals surface area contributed by atoms with Crippen LogP contribution in [0.5, 0.6) is 0 Å². The highest BCUT2D eigenvalue weighted by molar-refractivity contribution is 5.96. The van der Waals surface area contributed by atoms with Crippen LogP contribution in [-0.2, 0) is 11.8 Å². The Morgan fingerprint density at radius 1 is 1.28 bits per heavy atom. The van der Waals surface area contributed by atoms with E-state index < -0.39 is 17.4 Å². The molecule has 1 aliphatic heterocycles. The van der Waals surface area contributed by atoms with Gasteiger partial charge >= 0.3 is 0 Å². The number of hydrogen-bond donors (Lipinski definition) is 2. The molecule has 29 heavy (non-hydrogen) atoms. The van der Waals surface area contributed by atoms with Crippen molar-refractivity contribution in [1.82, 2.24) is 19.4 Å². The van der Waals surface area contributed by atoms with E-state index in [4.69, 9.17) is 5.73 Å². The van der Waals surface area contributed by atoms with Crippen LogP contribution >= 0.6 is 0 Å². The Hall–Kier alpha value is -3.70.